The summed E-state index contributed by atoms with van der Waals surface area (Å²) in [5.74, 6) is 0.679. The summed E-state index contributed by atoms with van der Waals surface area (Å²) in [5, 5.41) is 21.2. The van der Waals surface area contributed by atoms with Gasteiger partial charge in [-0.2, -0.15) is 5.26 Å². The van der Waals surface area contributed by atoms with Crippen molar-refractivity contribution in [2.24, 2.45) is 0 Å². The highest BCUT2D eigenvalue weighted by atomic mass is 35.5. The molecule has 0 spiro atoms. The number of hydrogen-bond acceptors (Lipinski definition) is 6. The average Bonchev–Trinajstić information content (AvgIpc) is 3.42. The lowest BCUT2D eigenvalue weighted by Crippen LogP contribution is -2.27. The molecule has 0 unspecified atom stereocenters. The minimum Gasteiger partial charge on any atom is -0.300 e. The van der Waals surface area contributed by atoms with Crippen LogP contribution in [0.3, 0.4) is 0 Å². The van der Waals surface area contributed by atoms with Gasteiger partial charge in [0.25, 0.3) is 0 Å². The fourth-order valence-corrected chi connectivity index (χ4v) is 4.73. The van der Waals surface area contributed by atoms with Crippen molar-refractivity contribution in [2.75, 3.05) is 5.32 Å². The van der Waals surface area contributed by atoms with Crippen LogP contribution in [0.5, 0.6) is 0 Å². The molecule has 1 amide bonds. The van der Waals surface area contributed by atoms with E-state index in [0.29, 0.717) is 15.7 Å². The maximum atomic E-state index is 12.8. The van der Waals surface area contributed by atoms with E-state index in [1.807, 2.05) is 36.4 Å². The number of benzene rings is 2. The first-order chi connectivity index (χ1) is 13.6. The highest BCUT2D eigenvalue weighted by Crippen LogP contribution is 2.49. The van der Waals surface area contributed by atoms with Crippen molar-refractivity contribution in [3.05, 3.63) is 70.2 Å². The Morgan fingerprint density at radius 2 is 1.89 bits per heavy atom. The van der Waals surface area contributed by atoms with E-state index >= 15 is 0 Å². The molecule has 0 radical (unpaired) electrons. The zero-order chi connectivity index (χ0) is 19.6. The van der Waals surface area contributed by atoms with Crippen LogP contribution in [0.2, 0.25) is 5.02 Å². The van der Waals surface area contributed by atoms with Crippen molar-refractivity contribution in [1.82, 2.24) is 10.2 Å². The lowest BCUT2D eigenvalue weighted by molar-refractivity contribution is -0.118. The Bertz CT molecular complexity index is 1040. The molecule has 1 aliphatic carbocycles. The smallest absolute Gasteiger partial charge is 0.236 e. The number of nitrogens with zero attached hydrogens (tertiary/aromatic N) is 3. The van der Waals surface area contributed by atoms with Gasteiger partial charge < -0.3 is 0 Å². The summed E-state index contributed by atoms with van der Waals surface area (Å²) >= 11 is 8.87. The van der Waals surface area contributed by atoms with Crippen LogP contribution in [0, 0.1) is 11.3 Å². The zero-order valence-corrected chi connectivity index (χ0v) is 17.1. The van der Waals surface area contributed by atoms with Gasteiger partial charge in [-0.05, 0) is 48.2 Å². The zero-order valence-electron chi connectivity index (χ0n) is 14.7. The molecule has 5 nitrogen and oxygen atoms in total. The number of rotatable bonds is 6. The van der Waals surface area contributed by atoms with Crippen LogP contribution in [0.15, 0.2) is 52.9 Å². The third-order valence-corrected chi connectivity index (χ3v) is 6.95. The van der Waals surface area contributed by atoms with Gasteiger partial charge in [-0.15, -0.1) is 10.2 Å². The lowest BCUT2D eigenvalue weighted by atomic mass is 9.95. The summed E-state index contributed by atoms with van der Waals surface area (Å²) < 4.78 is 0.788. The van der Waals surface area contributed by atoms with E-state index in [1.54, 1.807) is 23.9 Å². The molecule has 1 fully saturated rings. The highest BCUT2D eigenvalue weighted by Gasteiger charge is 2.51. The second-order valence-corrected chi connectivity index (χ2v) is 9.15. The van der Waals surface area contributed by atoms with Crippen molar-refractivity contribution in [3.63, 3.8) is 0 Å². The molecule has 2 aromatic carbocycles. The van der Waals surface area contributed by atoms with E-state index in [9.17, 15) is 4.79 Å². The van der Waals surface area contributed by atoms with Crippen molar-refractivity contribution >= 4 is 45.7 Å². The molecule has 28 heavy (non-hydrogen) atoms. The molecule has 0 atom stereocenters. The fraction of sp³-hybridized carbons (Fsp3) is 0.200. The Balaban J connectivity index is 1.37. The highest BCUT2D eigenvalue weighted by molar-refractivity contribution is 8.00. The van der Waals surface area contributed by atoms with Gasteiger partial charge in [0.1, 0.15) is 0 Å². The van der Waals surface area contributed by atoms with Crippen molar-refractivity contribution in [3.8, 4) is 6.07 Å². The Morgan fingerprint density at radius 3 is 2.54 bits per heavy atom. The fourth-order valence-electron chi connectivity index (χ4n) is 2.90. The van der Waals surface area contributed by atoms with Crippen LogP contribution in [-0.4, -0.2) is 16.1 Å². The first-order valence-corrected chi connectivity index (χ1v) is 10.8. The van der Waals surface area contributed by atoms with Crippen molar-refractivity contribution < 1.29 is 4.79 Å². The normalized spacial score (nSPS) is 14.3. The molecule has 0 aliphatic heterocycles. The number of hydrogen-bond donors (Lipinski definition) is 1. The molecule has 140 valence electrons. The molecule has 4 rings (SSSR count). The SMILES string of the molecule is N#Cc1ccc(CSc2nnc(NC(=O)C3(c4ccc(Cl)cc4)CC3)s2)cc1. The van der Waals surface area contributed by atoms with Crippen LogP contribution in [-0.2, 0) is 16.0 Å². The topological polar surface area (TPSA) is 78.7 Å². The molecule has 8 heteroatoms. The lowest BCUT2D eigenvalue weighted by Gasteiger charge is -2.14. The van der Waals surface area contributed by atoms with Gasteiger partial charge in [0.2, 0.25) is 11.0 Å². The van der Waals surface area contributed by atoms with Crippen LogP contribution in [0.4, 0.5) is 5.13 Å². The number of amides is 1. The van der Waals surface area contributed by atoms with Gasteiger partial charge in [-0.25, -0.2) is 0 Å². The molecule has 0 saturated heterocycles. The minimum absolute atomic E-state index is 0.0467. The Morgan fingerprint density at radius 1 is 1.18 bits per heavy atom. The molecule has 1 N–H and O–H groups in total. The van der Waals surface area contributed by atoms with Gasteiger partial charge >= 0.3 is 0 Å². The van der Waals surface area contributed by atoms with E-state index < -0.39 is 5.41 Å². The van der Waals surface area contributed by atoms with Gasteiger partial charge in [-0.1, -0.05) is 59.0 Å². The summed E-state index contributed by atoms with van der Waals surface area (Å²) in [6.07, 6.45) is 1.64. The van der Waals surface area contributed by atoms with Crippen LogP contribution >= 0.6 is 34.7 Å². The second kappa shape index (κ2) is 7.92. The van der Waals surface area contributed by atoms with E-state index in [0.717, 1.165) is 34.1 Å². The molecule has 1 aliphatic rings. The maximum absolute atomic E-state index is 12.8. The first kappa shape index (κ1) is 18.9. The first-order valence-electron chi connectivity index (χ1n) is 8.62. The maximum Gasteiger partial charge on any atom is 0.236 e. The van der Waals surface area contributed by atoms with Crippen LogP contribution in [0.1, 0.15) is 29.5 Å². The van der Waals surface area contributed by atoms with Gasteiger partial charge in [-0.3, -0.25) is 10.1 Å². The Labute approximate surface area is 175 Å². The molecule has 1 saturated carbocycles. The second-order valence-electron chi connectivity index (χ2n) is 6.51. The number of nitriles is 1. The molecule has 1 aromatic heterocycles. The average molecular weight is 427 g/mol. The van der Waals surface area contributed by atoms with Gasteiger partial charge in [0.05, 0.1) is 17.0 Å². The van der Waals surface area contributed by atoms with Crippen molar-refractivity contribution in [2.45, 2.75) is 28.3 Å². The largest absolute Gasteiger partial charge is 0.300 e. The molecule has 0 bridgehead atoms. The standard InChI is InChI=1S/C20H15ClN4OS2/c21-16-7-5-15(6-8-16)20(9-10-20)17(26)23-18-24-25-19(28-18)27-12-14-3-1-13(11-22)2-4-14/h1-8H,9-10,12H2,(H,23,24,26). The van der Waals surface area contributed by atoms with Crippen LogP contribution < -0.4 is 5.32 Å². The van der Waals surface area contributed by atoms with E-state index in [2.05, 4.69) is 21.6 Å². The Kier molecular flexibility index (Phi) is 5.36. The number of carbonyl (C=O) groups excluding carboxylic acids is 1. The Hall–Kier alpha value is -2.40. The number of thioether (sulfide) groups is 1. The predicted molar refractivity (Wildman–Crippen MR) is 112 cm³/mol. The van der Waals surface area contributed by atoms with Crippen molar-refractivity contribution in [1.29, 1.82) is 5.26 Å². The monoisotopic (exact) mass is 426 g/mol. The minimum atomic E-state index is -0.480. The summed E-state index contributed by atoms with van der Waals surface area (Å²) in [6, 6.07) is 17.0. The predicted octanol–water partition coefficient (Wildman–Crippen LogP) is 5.03. The quantitative estimate of drug-likeness (QED) is 0.442. The number of carbonyl (C=O) groups is 1. The third kappa shape index (κ3) is 4.04. The summed E-state index contributed by atoms with van der Waals surface area (Å²) in [4.78, 5) is 12.8. The third-order valence-electron chi connectivity index (χ3n) is 4.65. The van der Waals surface area contributed by atoms with E-state index in [-0.39, 0.29) is 5.91 Å². The summed E-state index contributed by atoms with van der Waals surface area (Å²) in [6.45, 7) is 0. The number of halogens is 1. The summed E-state index contributed by atoms with van der Waals surface area (Å²) in [5.41, 5.74) is 2.25. The van der Waals surface area contributed by atoms with Gasteiger partial charge in [0.15, 0.2) is 4.34 Å². The number of anilines is 1. The van der Waals surface area contributed by atoms with Crippen LogP contribution in [0.25, 0.3) is 0 Å². The molecule has 3 aromatic rings. The number of aromatic nitrogens is 2. The molecular weight excluding hydrogens is 412 g/mol. The van der Waals surface area contributed by atoms with Gasteiger partial charge in [0, 0.05) is 10.8 Å². The molecule has 1 heterocycles. The number of nitrogens with one attached hydrogen (secondary N) is 1. The van der Waals surface area contributed by atoms with E-state index in [4.69, 9.17) is 16.9 Å². The van der Waals surface area contributed by atoms with E-state index in [1.165, 1.54) is 11.3 Å². The summed E-state index contributed by atoms with van der Waals surface area (Å²) in [7, 11) is 0. The molecular formula is C20H15ClN4OS2.